The molecule has 1 aromatic rings. The maximum atomic E-state index is 6.03. The molecule has 0 amide bonds. The summed E-state index contributed by atoms with van der Waals surface area (Å²) in [6.07, 6.45) is 0. The van der Waals surface area contributed by atoms with E-state index in [4.69, 9.17) is 9.31 Å². The van der Waals surface area contributed by atoms with Gasteiger partial charge in [0.2, 0.25) is 0 Å². The Morgan fingerprint density at radius 3 is 2.25 bits per heavy atom. The second-order valence-corrected chi connectivity index (χ2v) is 5.41. The Bertz CT molecular complexity index is 369. The van der Waals surface area contributed by atoms with Crippen molar-refractivity contribution in [2.45, 2.75) is 32.0 Å². The predicted molar refractivity (Wildman–Crippen MR) is 70.3 cm³/mol. The standard InChI is InChI=1S/C12H16BBrO2/c1-11(2)12(3,9-14)16-13(15-11)10-7-5-4-6-8-10/h4-8H,9H2,1-3H3. The highest BCUT2D eigenvalue weighted by Crippen LogP contribution is 2.38. The summed E-state index contributed by atoms with van der Waals surface area (Å²) in [5.41, 5.74) is 0.477. The van der Waals surface area contributed by atoms with Crippen LogP contribution in [0.4, 0.5) is 0 Å². The first-order chi connectivity index (χ1) is 7.48. The maximum absolute atomic E-state index is 6.03. The highest BCUT2D eigenvalue weighted by molar-refractivity contribution is 9.09. The van der Waals surface area contributed by atoms with Crippen LogP contribution in [0.5, 0.6) is 0 Å². The largest absolute Gasteiger partial charge is 0.494 e. The molecule has 1 unspecified atom stereocenters. The van der Waals surface area contributed by atoms with E-state index >= 15 is 0 Å². The smallest absolute Gasteiger partial charge is 0.399 e. The molecule has 2 rings (SSSR count). The summed E-state index contributed by atoms with van der Waals surface area (Å²) < 4.78 is 12.0. The Balaban J connectivity index is 2.25. The third-order valence-corrected chi connectivity index (χ3v) is 4.44. The molecule has 0 aromatic heterocycles. The normalized spacial score (nSPS) is 28.4. The van der Waals surface area contributed by atoms with E-state index in [0.29, 0.717) is 0 Å². The van der Waals surface area contributed by atoms with Crippen molar-refractivity contribution in [3.05, 3.63) is 30.3 Å². The first-order valence-electron chi connectivity index (χ1n) is 5.45. The van der Waals surface area contributed by atoms with Crippen molar-refractivity contribution in [1.29, 1.82) is 0 Å². The molecular weight excluding hydrogens is 267 g/mol. The Hall–Kier alpha value is -0.315. The van der Waals surface area contributed by atoms with Crippen LogP contribution in [-0.4, -0.2) is 23.7 Å². The summed E-state index contributed by atoms with van der Waals surface area (Å²) in [4.78, 5) is 0. The molecule has 0 spiro atoms. The van der Waals surface area contributed by atoms with Gasteiger partial charge in [0, 0.05) is 5.33 Å². The quantitative estimate of drug-likeness (QED) is 0.612. The molecule has 1 aliphatic heterocycles. The van der Waals surface area contributed by atoms with E-state index in [-0.39, 0.29) is 18.3 Å². The van der Waals surface area contributed by atoms with E-state index in [2.05, 4.69) is 36.7 Å². The topological polar surface area (TPSA) is 18.5 Å². The fraction of sp³-hybridized carbons (Fsp3) is 0.500. The van der Waals surface area contributed by atoms with Crippen LogP contribution in [0.1, 0.15) is 20.8 Å². The first kappa shape index (κ1) is 12.2. The van der Waals surface area contributed by atoms with Gasteiger partial charge in [0.05, 0.1) is 11.2 Å². The minimum Gasteiger partial charge on any atom is -0.399 e. The number of alkyl halides is 1. The average Bonchev–Trinajstić information content (AvgIpc) is 2.52. The summed E-state index contributed by atoms with van der Waals surface area (Å²) in [6.45, 7) is 6.21. The summed E-state index contributed by atoms with van der Waals surface area (Å²) in [7, 11) is -0.265. The molecule has 0 aliphatic carbocycles. The average molecular weight is 283 g/mol. The van der Waals surface area contributed by atoms with Crippen LogP contribution in [0.15, 0.2) is 30.3 Å². The van der Waals surface area contributed by atoms with Gasteiger partial charge in [-0.25, -0.2) is 0 Å². The lowest BCUT2D eigenvalue weighted by atomic mass is 9.79. The molecule has 1 saturated heterocycles. The third-order valence-electron chi connectivity index (χ3n) is 3.37. The molecule has 4 heteroatoms. The molecule has 0 bridgehead atoms. The number of hydrogen-bond donors (Lipinski definition) is 0. The fourth-order valence-corrected chi connectivity index (χ4v) is 2.54. The molecule has 1 heterocycles. The molecule has 0 radical (unpaired) electrons. The van der Waals surface area contributed by atoms with E-state index in [0.717, 1.165) is 10.8 Å². The zero-order valence-corrected chi connectivity index (χ0v) is 11.5. The van der Waals surface area contributed by atoms with Crippen molar-refractivity contribution in [3.63, 3.8) is 0 Å². The fourth-order valence-electron chi connectivity index (χ4n) is 1.73. The van der Waals surface area contributed by atoms with Gasteiger partial charge in [0.15, 0.2) is 0 Å². The Labute approximate surface area is 106 Å². The van der Waals surface area contributed by atoms with Gasteiger partial charge in [-0.1, -0.05) is 46.3 Å². The van der Waals surface area contributed by atoms with E-state index in [1.54, 1.807) is 0 Å². The molecule has 1 atom stereocenters. The molecule has 2 nitrogen and oxygen atoms in total. The van der Waals surface area contributed by atoms with Crippen molar-refractivity contribution < 1.29 is 9.31 Å². The van der Waals surface area contributed by atoms with Gasteiger partial charge in [0.25, 0.3) is 0 Å². The third kappa shape index (κ3) is 1.94. The predicted octanol–water partition coefficient (Wildman–Crippen LogP) is 2.36. The molecule has 1 fully saturated rings. The van der Waals surface area contributed by atoms with Crippen LogP contribution in [0.3, 0.4) is 0 Å². The molecule has 1 aliphatic rings. The zero-order chi connectivity index (χ0) is 11.8. The molecular formula is C12H16BBrO2. The zero-order valence-electron chi connectivity index (χ0n) is 9.87. The lowest BCUT2D eigenvalue weighted by Crippen LogP contribution is -2.46. The van der Waals surface area contributed by atoms with Gasteiger partial charge in [-0.15, -0.1) is 0 Å². The van der Waals surface area contributed by atoms with Crippen LogP contribution < -0.4 is 5.46 Å². The van der Waals surface area contributed by atoms with Crippen molar-refractivity contribution in [2.24, 2.45) is 0 Å². The van der Waals surface area contributed by atoms with E-state index < -0.39 is 0 Å². The van der Waals surface area contributed by atoms with Crippen LogP contribution in [0.2, 0.25) is 0 Å². The Kier molecular flexibility index (Phi) is 3.17. The maximum Gasteiger partial charge on any atom is 0.494 e. The Morgan fingerprint density at radius 2 is 1.75 bits per heavy atom. The van der Waals surface area contributed by atoms with Gasteiger partial charge in [-0.3, -0.25) is 0 Å². The van der Waals surface area contributed by atoms with Crippen molar-refractivity contribution in [3.8, 4) is 0 Å². The van der Waals surface area contributed by atoms with Crippen LogP contribution in [0, 0.1) is 0 Å². The van der Waals surface area contributed by atoms with E-state index in [1.165, 1.54) is 0 Å². The van der Waals surface area contributed by atoms with Crippen molar-refractivity contribution in [1.82, 2.24) is 0 Å². The SMILES string of the molecule is CC1(C)OB(c2ccccc2)OC1(C)CBr. The minimum absolute atomic E-state index is 0.265. The second kappa shape index (κ2) is 4.17. The van der Waals surface area contributed by atoms with Gasteiger partial charge < -0.3 is 9.31 Å². The highest BCUT2D eigenvalue weighted by atomic mass is 79.9. The Morgan fingerprint density at radius 1 is 1.12 bits per heavy atom. The molecule has 1 aromatic carbocycles. The molecule has 16 heavy (non-hydrogen) atoms. The van der Waals surface area contributed by atoms with Crippen molar-refractivity contribution >= 4 is 28.5 Å². The first-order valence-corrected chi connectivity index (χ1v) is 6.57. The number of halogens is 1. The summed E-state index contributed by atoms with van der Waals surface area (Å²) in [6, 6.07) is 10.0. The summed E-state index contributed by atoms with van der Waals surface area (Å²) in [5, 5.41) is 0.760. The van der Waals surface area contributed by atoms with Crippen molar-refractivity contribution in [2.75, 3.05) is 5.33 Å². The lowest BCUT2D eigenvalue weighted by molar-refractivity contribution is 0.0106. The van der Waals surface area contributed by atoms with Crippen LogP contribution in [-0.2, 0) is 9.31 Å². The lowest BCUT2D eigenvalue weighted by Gasteiger charge is -2.34. The minimum atomic E-state index is -0.298. The monoisotopic (exact) mass is 282 g/mol. The molecule has 86 valence electrons. The van der Waals surface area contributed by atoms with Gasteiger partial charge in [0.1, 0.15) is 0 Å². The van der Waals surface area contributed by atoms with E-state index in [1.807, 2.05) is 30.3 Å². The molecule has 0 N–H and O–H groups in total. The number of benzene rings is 1. The highest BCUT2D eigenvalue weighted by Gasteiger charge is 2.53. The van der Waals surface area contributed by atoms with Gasteiger partial charge >= 0.3 is 7.12 Å². The molecule has 0 saturated carbocycles. The van der Waals surface area contributed by atoms with Crippen LogP contribution >= 0.6 is 15.9 Å². The van der Waals surface area contributed by atoms with Gasteiger partial charge in [-0.05, 0) is 26.2 Å². The summed E-state index contributed by atoms with van der Waals surface area (Å²) >= 11 is 3.50. The van der Waals surface area contributed by atoms with Crippen LogP contribution in [0.25, 0.3) is 0 Å². The number of rotatable bonds is 2. The van der Waals surface area contributed by atoms with Gasteiger partial charge in [-0.2, -0.15) is 0 Å². The van der Waals surface area contributed by atoms with E-state index in [9.17, 15) is 0 Å². The summed E-state index contributed by atoms with van der Waals surface area (Å²) in [5.74, 6) is 0. The number of hydrogen-bond acceptors (Lipinski definition) is 2. The second-order valence-electron chi connectivity index (χ2n) is 4.85.